The number of hydrogen-bond donors (Lipinski definition) is 1. The SMILES string of the molecule is CC(CCCN)CC(C)(C)C. The molecule has 68 valence electrons. The van der Waals surface area contributed by atoms with Gasteiger partial charge in [0.15, 0.2) is 0 Å². The van der Waals surface area contributed by atoms with Gasteiger partial charge >= 0.3 is 0 Å². The lowest BCUT2D eigenvalue weighted by molar-refractivity contribution is 0.294. The molecule has 0 amide bonds. The molecule has 1 unspecified atom stereocenters. The molecule has 0 spiro atoms. The average molecular weight is 157 g/mol. The van der Waals surface area contributed by atoms with E-state index in [4.69, 9.17) is 5.73 Å². The van der Waals surface area contributed by atoms with Crippen LogP contribution in [0.3, 0.4) is 0 Å². The molecule has 1 nitrogen and oxygen atoms in total. The fraction of sp³-hybridized carbons (Fsp3) is 1.00. The summed E-state index contributed by atoms with van der Waals surface area (Å²) in [4.78, 5) is 0. The van der Waals surface area contributed by atoms with Crippen LogP contribution in [0.4, 0.5) is 0 Å². The van der Waals surface area contributed by atoms with Crippen LogP contribution in [0.25, 0.3) is 0 Å². The van der Waals surface area contributed by atoms with Crippen LogP contribution in [0, 0.1) is 11.3 Å². The van der Waals surface area contributed by atoms with Gasteiger partial charge in [0.05, 0.1) is 0 Å². The first kappa shape index (κ1) is 11.0. The van der Waals surface area contributed by atoms with Crippen molar-refractivity contribution in [1.29, 1.82) is 0 Å². The van der Waals surface area contributed by atoms with Crippen LogP contribution < -0.4 is 5.73 Å². The van der Waals surface area contributed by atoms with Gasteiger partial charge in [-0.3, -0.25) is 0 Å². The van der Waals surface area contributed by atoms with Crippen LogP contribution in [0.1, 0.15) is 47.0 Å². The van der Waals surface area contributed by atoms with Gasteiger partial charge in [-0.1, -0.05) is 27.7 Å². The van der Waals surface area contributed by atoms with Gasteiger partial charge in [0.1, 0.15) is 0 Å². The largest absolute Gasteiger partial charge is 0.330 e. The molecular formula is C10H23N. The molecule has 11 heavy (non-hydrogen) atoms. The van der Waals surface area contributed by atoms with Crippen molar-refractivity contribution in [3.63, 3.8) is 0 Å². The highest BCUT2D eigenvalue weighted by atomic mass is 14.5. The Morgan fingerprint density at radius 2 is 1.82 bits per heavy atom. The second-order valence-corrected chi connectivity index (χ2v) is 4.80. The molecule has 0 rings (SSSR count). The van der Waals surface area contributed by atoms with Gasteiger partial charge in [0.25, 0.3) is 0 Å². The van der Waals surface area contributed by atoms with Crippen molar-refractivity contribution in [2.75, 3.05) is 6.54 Å². The predicted octanol–water partition coefficient (Wildman–Crippen LogP) is 2.80. The Kier molecular flexibility index (Phi) is 4.74. The molecule has 0 aromatic heterocycles. The van der Waals surface area contributed by atoms with Crippen molar-refractivity contribution >= 4 is 0 Å². The fourth-order valence-electron chi connectivity index (χ4n) is 1.61. The Balaban J connectivity index is 3.44. The van der Waals surface area contributed by atoms with Crippen LogP contribution in [-0.4, -0.2) is 6.54 Å². The highest BCUT2D eigenvalue weighted by Gasteiger charge is 2.14. The van der Waals surface area contributed by atoms with E-state index in [9.17, 15) is 0 Å². The summed E-state index contributed by atoms with van der Waals surface area (Å²) in [5, 5.41) is 0. The summed E-state index contributed by atoms with van der Waals surface area (Å²) < 4.78 is 0. The van der Waals surface area contributed by atoms with E-state index < -0.39 is 0 Å². The smallest absolute Gasteiger partial charge is 0.00772 e. The van der Waals surface area contributed by atoms with Crippen LogP contribution in [0.5, 0.6) is 0 Å². The van der Waals surface area contributed by atoms with E-state index in [1.165, 1.54) is 19.3 Å². The van der Waals surface area contributed by atoms with E-state index in [1.807, 2.05) is 0 Å². The molecule has 0 radical (unpaired) electrons. The second-order valence-electron chi connectivity index (χ2n) is 4.80. The summed E-state index contributed by atoms with van der Waals surface area (Å²) in [6.07, 6.45) is 3.78. The Labute approximate surface area is 71.4 Å². The molecule has 0 bridgehead atoms. The summed E-state index contributed by atoms with van der Waals surface area (Å²) in [5.41, 5.74) is 5.92. The highest BCUT2D eigenvalue weighted by Crippen LogP contribution is 2.26. The Morgan fingerprint density at radius 3 is 2.18 bits per heavy atom. The van der Waals surface area contributed by atoms with Crippen LogP contribution in [0.2, 0.25) is 0 Å². The topological polar surface area (TPSA) is 26.0 Å². The minimum atomic E-state index is 0.480. The van der Waals surface area contributed by atoms with Crippen LogP contribution in [0.15, 0.2) is 0 Å². The lowest BCUT2D eigenvalue weighted by Gasteiger charge is -2.22. The van der Waals surface area contributed by atoms with Crippen molar-refractivity contribution in [3.05, 3.63) is 0 Å². The first-order chi connectivity index (χ1) is 4.95. The first-order valence-corrected chi connectivity index (χ1v) is 4.66. The van der Waals surface area contributed by atoms with E-state index in [1.54, 1.807) is 0 Å². The van der Waals surface area contributed by atoms with Gasteiger partial charge in [-0.25, -0.2) is 0 Å². The number of hydrogen-bond acceptors (Lipinski definition) is 1. The minimum absolute atomic E-state index is 0.480. The molecule has 0 aliphatic rings. The summed E-state index contributed by atoms with van der Waals surface area (Å²) in [7, 11) is 0. The van der Waals surface area contributed by atoms with E-state index in [0.29, 0.717) is 5.41 Å². The van der Waals surface area contributed by atoms with Gasteiger partial charge in [0, 0.05) is 0 Å². The molecule has 0 aromatic carbocycles. The monoisotopic (exact) mass is 157 g/mol. The van der Waals surface area contributed by atoms with E-state index in [-0.39, 0.29) is 0 Å². The van der Waals surface area contributed by atoms with Crippen molar-refractivity contribution in [1.82, 2.24) is 0 Å². The zero-order valence-electron chi connectivity index (χ0n) is 8.48. The zero-order chi connectivity index (χ0) is 8.91. The average Bonchev–Trinajstić information content (AvgIpc) is 1.79. The molecule has 1 heteroatoms. The predicted molar refractivity (Wildman–Crippen MR) is 51.5 cm³/mol. The zero-order valence-corrected chi connectivity index (χ0v) is 8.48. The molecule has 0 aliphatic heterocycles. The molecule has 0 aliphatic carbocycles. The van der Waals surface area contributed by atoms with Crippen LogP contribution >= 0.6 is 0 Å². The quantitative estimate of drug-likeness (QED) is 0.667. The third-order valence-electron chi connectivity index (χ3n) is 1.86. The van der Waals surface area contributed by atoms with E-state index in [0.717, 1.165) is 12.5 Å². The minimum Gasteiger partial charge on any atom is -0.330 e. The van der Waals surface area contributed by atoms with E-state index in [2.05, 4.69) is 27.7 Å². The number of rotatable bonds is 4. The standard InChI is InChI=1S/C10H23N/c1-9(6-5-7-11)8-10(2,3)4/h9H,5-8,11H2,1-4H3. The summed E-state index contributed by atoms with van der Waals surface area (Å²) in [5.74, 6) is 0.832. The Hall–Kier alpha value is -0.0400. The first-order valence-electron chi connectivity index (χ1n) is 4.66. The maximum Gasteiger partial charge on any atom is -0.00772 e. The van der Waals surface area contributed by atoms with Crippen molar-refractivity contribution in [2.24, 2.45) is 17.1 Å². The third kappa shape index (κ3) is 7.86. The fourth-order valence-corrected chi connectivity index (χ4v) is 1.61. The van der Waals surface area contributed by atoms with Crippen molar-refractivity contribution in [2.45, 2.75) is 47.0 Å². The summed E-state index contributed by atoms with van der Waals surface area (Å²) in [6, 6.07) is 0. The molecule has 0 fully saturated rings. The van der Waals surface area contributed by atoms with Gasteiger partial charge in [0.2, 0.25) is 0 Å². The molecule has 0 aromatic rings. The maximum atomic E-state index is 5.44. The van der Waals surface area contributed by atoms with Gasteiger partial charge in [-0.2, -0.15) is 0 Å². The summed E-state index contributed by atoms with van der Waals surface area (Å²) >= 11 is 0. The van der Waals surface area contributed by atoms with Gasteiger partial charge in [-0.15, -0.1) is 0 Å². The van der Waals surface area contributed by atoms with Crippen LogP contribution in [-0.2, 0) is 0 Å². The van der Waals surface area contributed by atoms with Gasteiger partial charge in [-0.05, 0) is 37.1 Å². The molecular weight excluding hydrogens is 134 g/mol. The maximum absolute atomic E-state index is 5.44. The normalized spacial score (nSPS) is 15.0. The van der Waals surface area contributed by atoms with Crippen molar-refractivity contribution in [3.8, 4) is 0 Å². The highest BCUT2D eigenvalue weighted by molar-refractivity contribution is 4.66. The molecule has 2 N–H and O–H groups in total. The third-order valence-corrected chi connectivity index (χ3v) is 1.86. The van der Waals surface area contributed by atoms with Gasteiger partial charge < -0.3 is 5.73 Å². The van der Waals surface area contributed by atoms with E-state index >= 15 is 0 Å². The van der Waals surface area contributed by atoms with Crippen molar-refractivity contribution < 1.29 is 0 Å². The Morgan fingerprint density at radius 1 is 1.27 bits per heavy atom. The summed E-state index contributed by atoms with van der Waals surface area (Å²) in [6.45, 7) is 10.1. The molecule has 1 atom stereocenters. The lowest BCUT2D eigenvalue weighted by atomic mass is 9.84. The Bertz CT molecular complexity index is 91.5. The number of nitrogens with two attached hydrogens (primary N) is 1. The molecule has 0 saturated heterocycles. The lowest BCUT2D eigenvalue weighted by Crippen LogP contribution is -2.12. The molecule has 0 saturated carbocycles. The second kappa shape index (κ2) is 4.76. The molecule has 0 heterocycles.